The minimum absolute atomic E-state index is 0.132. The number of halogens is 1. The third-order valence-corrected chi connectivity index (χ3v) is 4.27. The molecule has 138 valence electrons. The van der Waals surface area contributed by atoms with Gasteiger partial charge < -0.3 is 14.8 Å². The molecule has 0 saturated heterocycles. The Morgan fingerprint density at radius 2 is 1.78 bits per heavy atom. The maximum absolute atomic E-state index is 12.5. The zero-order valence-corrected chi connectivity index (χ0v) is 15.8. The Morgan fingerprint density at radius 3 is 2.48 bits per heavy atom. The van der Waals surface area contributed by atoms with E-state index < -0.39 is 0 Å². The summed E-state index contributed by atoms with van der Waals surface area (Å²) >= 11 is 5.88. The Balaban J connectivity index is 1.83. The van der Waals surface area contributed by atoms with Crippen molar-refractivity contribution in [2.45, 2.75) is 6.42 Å². The number of carbonyl (C=O) groups excluding carboxylic acids is 1. The average Bonchev–Trinajstić information content (AvgIpc) is 2.69. The number of hydrogen-bond acceptors (Lipinski definition) is 4. The van der Waals surface area contributed by atoms with Gasteiger partial charge in [0.15, 0.2) is 11.5 Å². The van der Waals surface area contributed by atoms with Crippen LogP contribution in [-0.4, -0.2) is 25.1 Å². The summed E-state index contributed by atoms with van der Waals surface area (Å²) in [5.41, 5.74) is 2.98. The van der Waals surface area contributed by atoms with Crippen LogP contribution in [0.4, 0.5) is 5.69 Å². The van der Waals surface area contributed by atoms with Crippen LogP contribution < -0.4 is 14.8 Å². The Bertz CT molecular complexity index is 942. The second kappa shape index (κ2) is 8.56. The van der Waals surface area contributed by atoms with Crippen LogP contribution in [0.1, 0.15) is 5.56 Å². The van der Waals surface area contributed by atoms with Gasteiger partial charge in [0.05, 0.1) is 32.0 Å². The van der Waals surface area contributed by atoms with Gasteiger partial charge in [-0.1, -0.05) is 23.7 Å². The Kier molecular flexibility index (Phi) is 5.94. The van der Waals surface area contributed by atoms with Gasteiger partial charge in [-0.15, -0.1) is 0 Å². The normalized spacial score (nSPS) is 10.3. The third-order valence-electron chi connectivity index (χ3n) is 4.02. The van der Waals surface area contributed by atoms with Gasteiger partial charge in [0.25, 0.3) is 0 Å². The third kappa shape index (κ3) is 4.57. The Labute approximate surface area is 162 Å². The minimum Gasteiger partial charge on any atom is -0.493 e. The van der Waals surface area contributed by atoms with Gasteiger partial charge in [-0.25, -0.2) is 0 Å². The number of anilines is 1. The van der Waals surface area contributed by atoms with Crippen LogP contribution in [-0.2, 0) is 11.2 Å². The summed E-state index contributed by atoms with van der Waals surface area (Å²) in [4.78, 5) is 16.9. The van der Waals surface area contributed by atoms with Crippen LogP contribution in [0.3, 0.4) is 0 Å². The quantitative estimate of drug-likeness (QED) is 0.676. The molecule has 0 fully saturated rings. The predicted molar refractivity (Wildman–Crippen MR) is 107 cm³/mol. The molecule has 1 amide bonds. The number of aromatic nitrogens is 1. The van der Waals surface area contributed by atoms with Gasteiger partial charge >= 0.3 is 0 Å². The standard InChI is InChI=1S/C21H19ClN2O3/c1-26-18-10-7-15(13-19(18)27-2)21-17(4-3-11-23-21)24-20(25)12-14-5-8-16(22)9-6-14/h3-11,13H,12H2,1-2H3,(H,24,25). The summed E-state index contributed by atoms with van der Waals surface area (Å²) < 4.78 is 10.6. The molecule has 0 radical (unpaired) electrons. The van der Waals surface area contributed by atoms with Crippen molar-refractivity contribution in [2.24, 2.45) is 0 Å². The number of rotatable bonds is 6. The maximum Gasteiger partial charge on any atom is 0.228 e. The molecule has 1 N–H and O–H groups in total. The van der Waals surface area contributed by atoms with Crippen molar-refractivity contribution in [1.29, 1.82) is 0 Å². The number of methoxy groups -OCH3 is 2. The highest BCUT2D eigenvalue weighted by atomic mass is 35.5. The first-order chi connectivity index (χ1) is 13.1. The van der Waals surface area contributed by atoms with E-state index in [0.717, 1.165) is 11.1 Å². The predicted octanol–water partition coefficient (Wildman–Crippen LogP) is 4.60. The number of carbonyl (C=O) groups is 1. The molecule has 6 heteroatoms. The van der Waals surface area contributed by atoms with Gasteiger partial charge in [-0.3, -0.25) is 9.78 Å². The molecule has 1 aromatic heterocycles. The minimum atomic E-state index is -0.132. The van der Waals surface area contributed by atoms with Crippen molar-refractivity contribution in [3.63, 3.8) is 0 Å². The fourth-order valence-electron chi connectivity index (χ4n) is 2.70. The zero-order valence-electron chi connectivity index (χ0n) is 15.0. The first kappa shape index (κ1) is 18.7. The summed E-state index contributed by atoms with van der Waals surface area (Å²) in [6, 6.07) is 16.3. The smallest absolute Gasteiger partial charge is 0.228 e. The van der Waals surface area contributed by atoms with E-state index >= 15 is 0 Å². The van der Waals surface area contributed by atoms with E-state index in [9.17, 15) is 4.79 Å². The fourth-order valence-corrected chi connectivity index (χ4v) is 2.83. The van der Waals surface area contributed by atoms with Crippen molar-refractivity contribution >= 4 is 23.2 Å². The first-order valence-corrected chi connectivity index (χ1v) is 8.70. The molecule has 0 spiro atoms. The molecule has 1 heterocycles. The van der Waals surface area contributed by atoms with Crippen molar-refractivity contribution in [2.75, 3.05) is 19.5 Å². The number of nitrogens with one attached hydrogen (secondary N) is 1. The fraction of sp³-hybridized carbons (Fsp3) is 0.143. The number of benzene rings is 2. The van der Waals surface area contributed by atoms with E-state index in [-0.39, 0.29) is 12.3 Å². The van der Waals surface area contributed by atoms with Crippen LogP contribution >= 0.6 is 11.6 Å². The topological polar surface area (TPSA) is 60.5 Å². The lowest BCUT2D eigenvalue weighted by molar-refractivity contribution is -0.115. The second-order valence-corrected chi connectivity index (χ2v) is 6.26. The van der Waals surface area contributed by atoms with Crippen LogP contribution in [0.25, 0.3) is 11.3 Å². The summed E-state index contributed by atoms with van der Waals surface area (Å²) in [5.74, 6) is 1.09. The molecule has 0 bridgehead atoms. The number of nitrogens with zero attached hydrogens (tertiary/aromatic N) is 1. The highest BCUT2D eigenvalue weighted by Crippen LogP contribution is 2.34. The van der Waals surface area contributed by atoms with Gasteiger partial charge in [0.2, 0.25) is 5.91 Å². The van der Waals surface area contributed by atoms with E-state index in [4.69, 9.17) is 21.1 Å². The number of hydrogen-bond donors (Lipinski definition) is 1. The lowest BCUT2D eigenvalue weighted by Gasteiger charge is -2.13. The summed E-state index contributed by atoms with van der Waals surface area (Å²) in [5, 5.41) is 3.57. The number of amides is 1. The molecule has 0 unspecified atom stereocenters. The van der Waals surface area contributed by atoms with Gasteiger partial charge in [0.1, 0.15) is 0 Å². The van der Waals surface area contributed by atoms with E-state index in [1.54, 1.807) is 38.6 Å². The highest BCUT2D eigenvalue weighted by molar-refractivity contribution is 6.30. The zero-order chi connectivity index (χ0) is 19.2. The Morgan fingerprint density at radius 1 is 1.04 bits per heavy atom. The summed E-state index contributed by atoms with van der Waals surface area (Å²) in [7, 11) is 3.16. The van der Waals surface area contributed by atoms with Crippen LogP contribution in [0.5, 0.6) is 11.5 Å². The highest BCUT2D eigenvalue weighted by Gasteiger charge is 2.13. The Hall–Kier alpha value is -3.05. The summed E-state index contributed by atoms with van der Waals surface area (Å²) in [6.07, 6.45) is 1.93. The molecule has 3 aromatic rings. The second-order valence-electron chi connectivity index (χ2n) is 5.82. The van der Waals surface area contributed by atoms with Crippen molar-refractivity contribution in [3.05, 3.63) is 71.4 Å². The molecule has 2 aromatic carbocycles. The van der Waals surface area contributed by atoms with Crippen LogP contribution in [0, 0.1) is 0 Å². The van der Waals surface area contributed by atoms with Gasteiger partial charge in [-0.05, 0) is 48.0 Å². The molecule has 0 aliphatic carbocycles. The van der Waals surface area contributed by atoms with E-state index in [0.29, 0.717) is 27.9 Å². The average molecular weight is 383 g/mol. The number of ether oxygens (including phenoxy) is 2. The number of pyridine rings is 1. The molecule has 5 nitrogen and oxygen atoms in total. The monoisotopic (exact) mass is 382 g/mol. The largest absolute Gasteiger partial charge is 0.493 e. The van der Waals surface area contributed by atoms with Crippen molar-refractivity contribution in [1.82, 2.24) is 4.98 Å². The molecular weight excluding hydrogens is 364 g/mol. The van der Waals surface area contributed by atoms with Crippen LogP contribution in [0.15, 0.2) is 60.8 Å². The van der Waals surface area contributed by atoms with Gasteiger partial charge in [-0.2, -0.15) is 0 Å². The first-order valence-electron chi connectivity index (χ1n) is 8.32. The lowest BCUT2D eigenvalue weighted by atomic mass is 10.1. The maximum atomic E-state index is 12.5. The SMILES string of the molecule is COc1ccc(-c2ncccc2NC(=O)Cc2ccc(Cl)cc2)cc1OC. The van der Waals surface area contributed by atoms with E-state index in [1.807, 2.05) is 36.4 Å². The molecule has 0 aliphatic rings. The van der Waals surface area contributed by atoms with Crippen LogP contribution in [0.2, 0.25) is 5.02 Å². The van der Waals surface area contributed by atoms with Crippen molar-refractivity contribution < 1.29 is 14.3 Å². The molecular formula is C21H19ClN2O3. The lowest BCUT2D eigenvalue weighted by Crippen LogP contribution is -2.15. The molecule has 0 aliphatic heterocycles. The summed E-state index contributed by atoms with van der Waals surface area (Å²) in [6.45, 7) is 0. The molecule has 0 saturated carbocycles. The molecule has 0 atom stereocenters. The molecule has 3 rings (SSSR count). The van der Waals surface area contributed by atoms with Crippen molar-refractivity contribution in [3.8, 4) is 22.8 Å². The van der Waals surface area contributed by atoms with E-state index in [1.165, 1.54) is 0 Å². The van der Waals surface area contributed by atoms with E-state index in [2.05, 4.69) is 10.3 Å². The molecule has 27 heavy (non-hydrogen) atoms. The van der Waals surface area contributed by atoms with Gasteiger partial charge in [0, 0.05) is 16.8 Å².